The normalized spacial score (nSPS) is 19.8. The summed E-state index contributed by atoms with van der Waals surface area (Å²) in [7, 11) is 0. The van der Waals surface area contributed by atoms with Gasteiger partial charge in [0.05, 0.1) is 0 Å². The van der Waals surface area contributed by atoms with Crippen LogP contribution in [0.2, 0.25) is 0 Å². The van der Waals surface area contributed by atoms with Gasteiger partial charge in [0.15, 0.2) is 0 Å². The summed E-state index contributed by atoms with van der Waals surface area (Å²) >= 11 is 0. The third-order valence-corrected chi connectivity index (χ3v) is 2.98. The molecule has 5 heteroatoms. The van der Waals surface area contributed by atoms with E-state index >= 15 is 0 Å². The molecule has 1 fully saturated rings. The fraction of sp³-hybridized carbons (Fsp3) is 0.727. The minimum atomic E-state index is -0.0582. The maximum atomic E-state index is 12.1. The Labute approximate surface area is 95.2 Å². The molecular formula is C11H18N4O. The SMILES string of the molecule is Cc1nc(C(=O)N2CCCC(C)(C)C2)n[nH]1. The molecule has 0 saturated carbocycles. The molecule has 1 saturated heterocycles. The van der Waals surface area contributed by atoms with Crippen LogP contribution in [0.25, 0.3) is 0 Å². The molecule has 0 aromatic carbocycles. The van der Waals surface area contributed by atoms with Gasteiger partial charge in [-0.05, 0) is 25.2 Å². The zero-order chi connectivity index (χ0) is 11.8. The number of H-pyrrole nitrogens is 1. The smallest absolute Gasteiger partial charge is 0.293 e. The second-order valence-corrected chi connectivity index (χ2v) is 5.24. The highest BCUT2D eigenvalue weighted by Crippen LogP contribution is 2.28. The number of piperidine rings is 1. The summed E-state index contributed by atoms with van der Waals surface area (Å²) in [6, 6.07) is 0. The molecule has 1 aliphatic rings. The Morgan fingerprint density at radius 1 is 1.50 bits per heavy atom. The summed E-state index contributed by atoms with van der Waals surface area (Å²) in [5.74, 6) is 0.909. The van der Waals surface area contributed by atoms with Gasteiger partial charge >= 0.3 is 0 Å². The van der Waals surface area contributed by atoms with E-state index in [2.05, 4.69) is 29.0 Å². The first-order valence-electron chi connectivity index (χ1n) is 5.66. The molecule has 1 aliphatic heterocycles. The van der Waals surface area contributed by atoms with Gasteiger partial charge in [0.25, 0.3) is 5.91 Å². The van der Waals surface area contributed by atoms with Gasteiger partial charge < -0.3 is 4.90 Å². The largest absolute Gasteiger partial charge is 0.335 e. The number of amides is 1. The number of hydrogen-bond donors (Lipinski definition) is 1. The molecule has 0 radical (unpaired) electrons. The van der Waals surface area contributed by atoms with Crippen molar-refractivity contribution in [3.05, 3.63) is 11.6 Å². The van der Waals surface area contributed by atoms with E-state index in [0.717, 1.165) is 19.5 Å². The number of carbonyl (C=O) groups is 1. The van der Waals surface area contributed by atoms with Gasteiger partial charge in [-0.15, -0.1) is 5.10 Å². The van der Waals surface area contributed by atoms with E-state index in [1.807, 2.05) is 4.90 Å². The first-order chi connectivity index (χ1) is 7.48. The predicted molar refractivity (Wildman–Crippen MR) is 60.0 cm³/mol. The van der Waals surface area contributed by atoms with Crippen LogP contribution in [0.5, 0.6) is 0 Å². The van der Waals surface area contributed by atoms with Gasteiger partial charge in [0.2, 0.25) is 5.82 Å². The molecule has 1 aromatic rings. The van der Waals surface area contributed by atoms with E-state index in [1.165, 1.54) is 6.42 Å². The number of aromatic nitrogens is 3. The molecule has 0 aliphatic carbocycles. The maximum absolute atomic E-state index is 12.1. The Balaban J connectivity index is 2.10. The van der Waals surface area contributed by atoms with Crippen LogP contribution in [0, 0.1) is 12.3 Å². The van der Waals surface area contributed by atoms with Gasteiger partial charge in [-0.1, -0.05) is 13.8 Å². The van der Waals surface area contributed by atoms with Crippen molar-refractivity contribution in [1.82, 2.24) is 20.1 Å². The lowest BCUT2D eigenvalue weighted by atomic mass is 9.84. The van der Waals surface area contributed by atoms with E-state index in [9.17, 15) is 4.79 Å². The topological polar surface area (TPSA) is 61.9 Å². The lowest BCUT2D eigenvalue weighted by Crippen LogP contribution is -2.43. The van der Waals surface area contributed by atoms with Crippen molar-refractivity contribution in [2.75, 3.05) is 13.1 Å². The Morgan fingerprint density at radius 3 is 2.81 bits per heavy atom. The number of nitrogens with one attached hydrogen (secondary N) is 1. The van der Waals surface area contributed by atoms with Gasteiger partial charge in [-0.3, -0.25) is 9.89 Å². The number of carbonyl (C=O) groups excluding carboxylic acids is 1. The lowest BCUT2D eigenvalue weighted by Gasteiger charge is -2.37. The molecule has 0 bridgehead atoms. The van der Waals surface area contributed by atoms with Gasteiger partial charge in [-0.2, -0.15) is 0 Å². The molecular weight excluding hydrogens is 204 g/mol. The fourth-order valence-electron chi connectivity index (χ4n) is 2.18. The molecule has 2 rings (SSSR count). The highest BCUT2D eigenvalue weighted by molar-refractivity contribution is 5.90. The maximum Gasteiger partial charge on any atom is 0.293 e. The average Bonchev–Trinajstić information content (AvgIpc) is 2.62. The standard InChI is InChI=1S/C11H18N4O/c1-8-12-9(14-13-8)10(16)15-6-4-5-11(2,3)7-15/h4-7H2,1-3H3,(H,12,13,14). The number of aromatic amines is 1. The first kappa shape index (κ1) is 11.1. The second-order valence-electron chi connectivity index (χ2n) is 5.24. The fourth-order valence-corrected chi connectivity index (χ4v) is 2.18. The predicted octanol–water partition coefficient (Wildman–Crippen LogP) is 1.38. The number of rotatable bonds is 1. The Kier molecular flexibility index (Phi) is 2.69. The van der Waals surface area contributed by atoms with Crippen LogP contribution in [-0.4, -0.2) is 39.1 Å². The summed E-state index contributed by atoms with van der Waals surface area (Å²) in [5.41, 5.74) is 0.208. The Bertz CT molecular complexity index is 396. The molecule has 0 spiro atoms. The van der Waals surface area contributed by atoms with Gasteiger partial charge in [0.1, 0.15) is 5.82 Å². The summed E-state index contributed by atoms with van der Waals surface area (Å²) in [4.78, 5) is 18.0. The van der Waals surface area contributed by atoms with Crippen molar-refractivity contribution in [3.63, 3.8) is 0 Å². The lowest BCUT2D eigenvalue weighted by molar-refractivity contribution is 0.0572. The van der Waals surface area contributed by atoms with Crippen LogP contribution < -0.4 is 0 Å². The van der Waals surface area contributed by atoms with Crippen LogP contribution in [0.4, 0.5) is 0 Å². The molecule has 0 atom stereocenters. The summed E-state index contributed by atoms with van der Waals surface area (Å²) in [6.07, 6.45) is 2.23. The van der Waals surface area contributed by atoms with Gasteiger partial charge in [0, 0.05) is 13.1 Å². The van der Waals surface area contributed by atoms with E-state index in [4.69, 9.17) is 0 Å². The van der Waals surface area contributed by atoms with Crippen LogP contribution in [-0.2, 0) is 0 Å². The summed E-state index contributed by atoms with van der Waals surface area (Å²) in [5, 5.41) is 6.61. The number of nitrogens with zero attached hydrogens (tertiary/aromatic N) is 3. The van der Waals surface area contributed by atoms with E-state index in [1.54, 1.807) is 6.92 Å². The first-order valence-corrected chi connectivity index (χ1v) is 5.66. The molecule has 88 valence electrons. The van der Waals surface area contributed by atoms with E-state index < -0.39 is 0 Å². The van der Waals surface area contributed by atoms with Crippen molar-refractivity contribution in [1.29, 1.82) is 0 Å². The monoisotopic (exact) mass is 222 g/mol. The molecule has 1 amide bonds. The van der Waals surface area contributed by atoms with Crippen molar-refractivity contribution in [2.45, 2.75) is 33.6 Å². The Morgan fingerprint density at radius 2 is 2.25 bits per heavy atom. The van der Waals surface area contributed by atoms with Crippen LogP contribution >= 0.6 is 0 Å². The highest BCUT2D eigenvalue weighted by Gasteiger charge is 2.30. The molecule has 5 nitrogen and oxygen atoms in total. The zero-order valence-electron chi connectivity index (χ0n) is 10.1. The third kappa shape index (κ3) is 2.23. The Hall–Kier alpha value is -1.39. The second kappa shape index (κ2) is 3.88. The minimum absolute atomic E-state index is 0.0582. The molecule has 2 heterocycles. The third-order valence-electron chi connectivity index (χ3n) is 2.98. The van der Waals surface area contributed by atoms with Crippen LogP contribution in [0.15, 0.2) is 0 Å². The molecule has 0 unspecified atom stereocenters. The van der Waals surface area contributed by atoms with E-state index in [0.29, 0.717) is 5.82 Å². The quantitative estimate of drug-likeness (QED) is 0.780. The summed E-state index contributed by atoms with van der Waals surface area (Å²) < 4.78 is 0. The molecule has 1 N–H and O–H groups in total. The van der Waals surface area contributed by atoms with Crippen molar-refractivity contribution in [2.24, 2.45) is 5.41 Å². The van der Waals surface area contributed by atoms with Crippen molar-refractivity contribution in [3.8, 4) is 0 Å². The number of likely N-dealkylation sites (tertiary alicyclic amines) is 1. The minimum Gasteiger partial charge on any atom is -0.335 e. The van der Waals surface area contributed by atoms with Crippen LogP contribution in [0.1, 0.15) is 43.1 Å². The highest BCUT2D eigenvalue weighted by atomic mass is 16.2. The number of aryl methyl sites for hydroxylation is 1. The summed E-state index contributed by atoms with van der Waals surface area (Å²) in [6.45, 7) is 7.78. The zero-order valence-corrected chi connectivity index (χ0v) is 10.1. The van der Waals surface area contributed by atoms with Crippen LogP contribution in [0.3, 0.4) is 0 Å². The molecule has 16 heavy (non-hydrogen) atoms. The number of hydrogen-bond acceptors (Lipinski definition) is 3. The van der Waals surface area contributed by atoms with Crippen molar-refractivity contribution < 1.29 is 4.79 Å². The average molecular weight is 222 g/mol. The van der Waals surface area contributed by atoms with E-state index in [-0.39, 0.29) is 17.1 Å². The molecule has 1 aromatic heterocycles. The van der Waals surface area contributed by atoms with Crippen molar-refractivity contribution >= 4 is 5.91 Å². The van der Waals surface area contributed by atoms with Gasteiger partial charge in [-0.25, -0.2) is 4.98 Å².